The normalized spacial score (nSPS) is 15.0. The van der Waals surface area contributed by atoms with Crippen LogP contribution in [0.15, 0.2) is 150 Å². The van der Waals surface area contributed by atoms with Gasteiger partial charge in [0.25, 0.3) is 0 Å². The van der Waals surface area contributed by atoms with Gasteiger partial charge in [0.1, 0.15) is 11.2 Å². The number of rotatable bonds is 2. The first-order chi connectivity index (χ1) is 24.8. The van der Waals surface area contributed by atoms with E-state index in [-0.39, 0.29) is 10.8 Å². The molecule has 11 rings (SSSR count). The summed E-state index contributed by atoms with van der Waals surface area (Å²) in [7, 11) is 0. The number of fused-ring (bicyclic) bond motifs is 12. The molecular formula is C50H36O. The van der Waals surface area contributed by atoms with Gasteiger partial charge < -0.3 is 4.42 Å². The highest BCUT2D eigenvalue weighted by Crippen LogP contribution is 2.59. The van der Waals surface area contributed by atoms with Crippen molar-refractivity contribution in [3.05, 3.63) is 168 Å². The molecule has 0 atom stereocenters. The molecule has 51 heavy (non-hydrogen) atoms. The van der Waals surface area contributed by atoms with Crippen molar-refractivity contribution >= 4 is 43.5 Å². The molecule has 0 fully saturated rings. The van der Waals surface area contributed by atoms with E-state index in [0.29, 0.717) is 0 Å². The van der Waals surface area contributed by atoms with Crippen molar-refractivity contribution in [1.29, 1.82) is 0 Å². The monoisotopic (exact) mass is 652 g/mol. The number of para-hydroxylation sites is 1. The van der Waals surface area contributed by atoms with E-state index in [1.807, 2.05) is 6.07 Å². The summed E-state index contributed by atoms with van der Waals surface area (Å²) in [4.78, 5) is 0. The van der Waals surface area contributed by atoms with Gasteiger partial charge in [-0.25, -0.2) is 0 Å². The lowest BCUT2D eigenvalue weighted by Gasteiger charge is -2.26. The molecule has 0 saturated heterocycles. The van der Waals surface area contributed by atoms with Crippen LogP contribution in [0.5, 0.6) is 0 Å². The molecule has 1 heteroatoms. The van der Waals surface area contributed by atoms with Gasteiger partial charge in [-0.3, -0.25) is 0 Å². The van der Waals surface area contributed by atoms with Crippen molar-refractivity contribution in [1.82, 2.24) is 0 Å². The zero-order chi connectivity index (χ0) is 34.2. The molecule has 242 valence electrons. The Hall–Kier alpha value is -5.92. The van der Waals surface area contributed by atoms with Gasteiger partial charge in [-0.2, -0.15) is 0 Å². The van der Waals surface area contributed by atoms with Crippen molar-refractivity contribution in [3.63, 3.8) is 0 Å². The van der Waals surface area contributed by atoms with Gasteiger partial charge in [-0.15, -0.1) is 0 Å². The maximum absolute atomic E-state index is 6.38. The summed E-state index contributed by atoms with van der Waals surface area (Å²) in [6.45, 7) is 9.63. The highest BCUT2D eigenvalue weighted by Gasteiger charge is 2.44. The zero-order valence-electron chi connectivity index (χ0n) is 29.3. The second kappa shape index (κ2) is 9.86. The minimum absolute atomic E-state index is 0.0242. The fraction of sp³-hybridized carbons (Fsp3) is 0.120. The Balaban J connectivity index is 1.17. The number of hydrogen-bond acceptors (Lipinski definition) is 1. The first-order valence-electron chi connectivity index (χ1n) is 18.1. The molecule has 2 aliphatic carbocycles. The highest BCUT2D eigenvalue weighted by molar-refractivity contribution is 6.25. The molecule has 0 saturated carbocycles. The van der Waals surface area contributed by atoms with Crippen LogP contribution in [0, 0.1) is 0 Å². The van der Waals surface area contributed by atoms with Crippen molar-refractivity contribution < 1.29 is 4.42 Å². The highest BCUT2D eigenvalue weighted by atomic mass is 16.3. The lowest BCUT2D eigenvalue weighted by atomic mass is 9.76. The summed E-state index contributed by atoms with van der Waals surface area (Å²) in [6, 6.07) is 54.0. The van der Waals surface area contributed by atoms with Crippen molar-refractivity contribution in [2.75, 3.05) is 0 Å². The molecule has 1 aromatic heterocycles. The third kappa shape index (κ3) is 3.66. The average molecular weight is 653 g/mol. The Morgan fingerprint density at radius 3 is 1.71 bits per heavy atom. The van der Waals surface area contributed by atoms with E-state index >= 15 is 0 Å². The summed E-state index contributed by atoms with van der Waals surface area (Å²) < 4.78 is 6.38. The van der Waals surface area contributed by atoms with Gasteiger partial charge in [0, 0.05) is 21.6 Å². The molecule has 2 aliphatic rings. The van der Waals surface area contributed by atoms with Gasteiger partial charge in [0.05, 0.1) is 0 Å². The summed E-state index contributed by atoms with van der Waals surface area (Å²) in [5.74, 6) is 0. The van der Waals surface area contributed by atoms with E-state index in [1.165, 1.54) is 93.7 Å². The first kappa shape index (κ1) is 28.9. The largest absolute Gasteiger partial charge is 0.456 e. The lowest BCUT2D eigenvalue weighted by Crippen LogP contribution is -2.18. The topological polar surface area (TPSA) is 13.1 Å². The maximum atomic E-state index is 6.38. The van der Waals surface area contributed by atoms with E-state index in [9.17, 15) is 0 Å². The van der Waals surface area contributed by atoms with Gasteiger partial charge in [-0.1, -0.05) is 155 Å². The SMILES string of the molecule is CC1(C)c2ccccc2-c2c1ccc1c2C(C)(C)c2cc(-c3c4ccccc4c(-c4cccc5oc6ccccc6c45)c4ccccc34)ccc2-1. The van der Waals surface area contributed by atoms with Crippen LogP contribution in [0.4, 0.5) is 0 Å². The van der Waals surface area contributed by atoms with E-state index in [1.54, 1.807) is 0 Å². The van der Waals surface area contributed by atoms with Gasteiger partial charge >= 0.3 is 0 Å². The third-order valence-electron chi connectivity index (χ3n) is 12.2. The molecule has 0 aliphatic heterocycles. The summed E-state index contributed by atoms with van der Waals surface area (Å²) in [6.07, 6.45) is 0. The van der Waals surface area contributed by atoms with E-state index < -0.39 is 0 Å². The van der Waals surface area contributed by atoms with Crippen LogP contribution < -0.4 is 0 Å². The van der Waals surface area contributed by atoms with Crippen LogP contribution in [0.25, 0.3) is 88.0 Å². The van der Waals surface area contributed by atoms with Crippen molar-refractivity contribution in [2.24, 2.45) is 0 Å². The van der Waals surface area contributed by atoms with Crippen LogP contribution in [-0.4, -0.2) is 0 Å². The molecule has 9 aromatic rings. The third-order valence-corrected chi connectivity index (χ3v) is 12.2. The van der Waals surface area contributed by atoms with Crippen molar-refractivity contribution in [2.45, 2.75) is 38.5 Å². The Bertz CT molecular complexity index is 2910. The molecular weight excluding hydrogens is 617 g/mol. The molecule has 0 N–H and O–H groups in total. The zero-order valence-corrected chi connectivity index (χ0v) is 29.3. The predicted molar refractivity (Wildman–Crippen MR) is 215 cm³/mol. The number of furan rings is 1. The molecule has 0 radical (unpaired) electrons. The molecule has 0 amide bonds. The van der Waals surface area contributed by atoms with E-state index in [4.69, 9.17) is 4.42 Å². The van der Waals surface area contributed by atoms with Crippen molar-refractivity contribution in [3.8, 4) is 44.5 Å². The van der Waals surface area contributed by atoms with Gasteiger partial charge in [0.2, 0.25) is 0 Å². The minimum atomic E-state index is -0.164. The summed E-state index contributed by atoms with van der Waals surface area (Å²) in [5.41, 5.74) is 18.0. The van der Waals surface area contributed by atoms with Crippen LogP contribution in [0.1, 0.15) is 49.9 Å². The van der Waals surface area contributed by atoms with E-state index in [2.05, 4.69) is 167 Å². The fourth-order valence-corrected chi connectivity index (χ4v) is 9.97. The van der Waals surface area contributed by atoms with Gasteiger partial charge in [0.15, 0.2) is 0 Å². The quantitative estimate of drug-likeness (QED) is 0.169. The van der Waals surface area contributed by atoms with E-state index in [0.717, 1.165) is 16.6 Å². The Morgan fingerprint density at radius 2 is 0.961 bits per heavy atom. The number of benzene rings is 8. The summed E-state index contributed by atoms with van der Waals surface area (Å²) in [5, 5.41) is 7.36. The first-order valence-corrected chi connectivity index (χ1v) is 18.1. The Morgan fingerprint density at radius 1 is 0.373 bits per heavy atom. The molecule has 0 unspecified atom stereocenters. The molecule has 0 bridgehead atoms. The molecule has 1 nitrogen and oxygen atoms in total. The fourth-order valence-electron chi connectivity index (χ4n) is 9.97. The average Bonchev–Trinajstić information content (AvgIpc) is 3.73. The smallest absolute Gasteiger partial charge is 0.136 e. The second-order valence-electron chi connectivity index (χ2n) is 15.6. The standard InChI is InChI=1S/C50H36O/c1-49(2)39-21-11-9-18-36(39)47-40(49)27-26-35-30-25-24-29(28-41(30)50(3,4)48(35)47)44-31-14-5-7-16-33(31)45(34-17-8-6-15-32(34)44)38-20-13-23-43-46(38)37-19-10-12-22-42(37)51-43/h5-28H,1-4H3. The lowest BCUT2D eigenvalue weighted by molar-refractivity contribution is 0.647. The molecule has 1 heterocycles. The minimum Gasteiger partial charge on any atom is -0.456 e. The predicted octanol–water partition coefficient (Wildman–Crippen LogP) is 13.8. The van der Waals surface area contributed by atoms with Crippen LogP contribution in [0.2, 0.25) is 0 Å². The second-order valence-corrected chi connectivity index (χ2v) is 15.6. The number of hydrogen-bond donors (Lipinski definition) is 0. The molecule has 8 aromatic carbocycles. The Kier molecular flexibility index (Phi) is 5.58. The molecule has 0 spiro atoms. The maximum Gasteiger partial charge on any atom is 0.136 e. The van der Waals surface area contributed by atoms with Crippen LogP contribution in [0.3, 0.4) is 0 Å². The van der Waals surface area contributed by atoms with Crippen LogP contribution >= 0.6 is 0 Å². The van der Waals surface area contributed by atoms with Crippen LogP contribution in [-0.2, 0) is 10.8 Å². The van der Waals surface area contributed by atoms with Gasteiger partial charge in [-0.05, 0) is 107 Å². The Labute approximate surface area is 297 Å². The summed E-state index contributed by atoms with van der Waals surface area (Å²) >= 11 is 0.